The normalized spacial score (nSPS) is 23.6. The maximum atomic E-state index is 6.08. The lowest BCUT2D eigenvalue weighted by molar-refractivity contribution is 0.0674. The Labute approximate surface area is 126 Å². The largest absolute Gasteiger partial charge is 0.378 e. The monoisotopic (exact) mass is 288 g/mol. The fourth-order valence-corrected chi connectivity index (χ4v) is 2.97. The van der Waals surface area contributed by atoms with Crippen molar-refractivity contribution in [2.24, 2.45) is 16.6 Å². The van der Waals surface area contributed by atoms with E-state index in [0.717, 1.165) is 45.9 Å². The standard InChI is InChI=1S/C16H24N4O/c17-16(19-8-10-21-11-9-19)18-12-14-6-7-20(13-14)15-4-2-1-3-5-15/h1-5,14H,6-13H2,(H2,17,18). The zero-order valence-electron chi connectivity index (χ0n) is 12.4. The minimum absolute atomic E-state index is 0.602. The average Bonchev–Trinajstić information content (AvgIpc) is 3.03. The molecule has 0 radical (unpaired) electrons. The average molecular weight is 288 g/mol. The quantitative estimate of drug-likeness (QED) is 0.670. The molecule has 0 bridgehead atoms. The van der Waals surface area contributed by atoms with Gasteiger partial charge in [0.2, 0.25) is 0 Å². The summed E-state index contributed by atoms with van der Waals surface area (Å²) in [4.78, 5) is 9.15. The number of rotatable bonds is 3. The Bertz CT molecular complexity index is 470. The van der Waals surface area contributed by atoms with Gasteiger partial charge in [-0.15, -0.1) is 0 Å². The molecule has 5 heteroatoms. The van der Waals surface area contributed by atoms with Gasteiger partial charge in [-0.1, -0.05) is 18.2 Å². The number of benzene rings is 1. The summed E-state index contributed by atoms with van der Waals surface area (Å²) in [6.45, 7) is 6.23. The molecule has 5 nitrogen and oxygen atoms in total. The van der Waals surface area contributed by atoms with Crippen molar-refractivity contribution in [3.8, 4) is 0 Å². The van der Waals surface area contributed by atoms with E-state index in [9.17, 15) is 0 Å². The van der Waals surface area contributed by atoms with Gasteiger partial charge in [0.25, 0.3) is 0 Å². The van der Waals surface area contributed by atoms with Gasteiger partial charge in [-0.25, -0.2) is 0 Å². The summed E-state index contributed by atoms with van der Waals surface area (Å²) in [6.07, 6.45) is 1.19. The zero-order chi connectivity index (χ0) is 14.5. The van der Waals surface area contributed by atoms with Crippen LogP contribution in [0.15, 0.2) is 35.3 Å². The van der Waals surface area contributed by atoms with E-state index >= 15 is 0 Å². The summed E-state index contributed by atoms with van der Waals surface area (Å²) >= 11 is 0. The Morgan fingerprint density at radius 2 is 1.95 bits per heavy atom. The summed E-state index contributed by atoms with van der Waals surface area (Å²) in [7, 11) is 0. The summed E-state index contributed by atoms with van der Waals surface area (Å²) in [5.74, 6) is 1.28. The van der Waals surface area contributed by atoms with Gasteiger partial charge in [-0.3, -0.25) is 4.99 Å². The van der Waals surface area contributed by atoms with Crippen LogP contribution in [0.1, 0.15) is 6.42 Å². The molecule has 2 fully saturated rings. The molecule has 0 aliphatic carbocycles. The molecule has 0 saturated carbocycles. The highest BCUT2D eigenvalue weighted by Crippen LogP contribution is 2.23. The van der Waals surface area contributed by atoms with Crippen LogP contribution in [0.25, 0.3) is 0 Å². The van der Waals surface area contributed by atoms with Crippen LogP contribution >= 0.6 is 0 Å². The van der Waals surface area contributed by atoms with Crippen molar-refractivity contribution >= 4 is 11.6 Å². The number of hydrogen-bond donors (Lipinski definition) is 1. The molecule has 2 heterocycles. The van der Waals surface area contributed by atoms with Gasteiger partial charge in [0.15, 0.2) is 5.96 Å². The molecular weight excluding hydrogens is 264 g/mol. The molecule has 2 aliphatic heterocycles. The van der Waals surface area contributed by atoms with E-state index in [0.29, 0.717) is 11.9 Å². The molecule has 1 atom stereocenters. The Morgan fingerprint density at radius 1 is 1.19 bits per heavy atom. The first-order valence-corrected chi connectivity index (χ1v) is 7.75. The topological polar surface area (TPSA) is 54.1 Å². The van der Waals surface area contributed by atoms with Crippen molar-refractivity contribution in [1.82, 2.24) is 4.90 Å². The second-order valence-electron chi connectivity index (χ2n) is 5.73. The third kappa shape index (κ3) is 3.67. The van der Waals surface area contributed by atoms with E-state index in [-0.39, 0.29) is 0 Å². The Balaban J connectivity index is 1.50. The highest BCUT2D eigenvalue weighted by Gasteiger charge is 2.22. The Kier molecular flexibility index (Phi) is 4.60. The van der Waals surface area contributed by atoms with Gasteiger partial charge < -0.3 is 20.3 Å². The van der Waals surface area contributed by atoms with E-state index in [1.165, 1.54) is 12.1 Å². The molecule has 0 spiro atoms. The molecule has 114 valence electrons. The van der Waals surface area contributed by atoms with Crippen LogP contribution in [0.5, 0.6) is 0 Å². The molecule has 0 aromatic heterocycles. The first-order chi connectivity index (χ1) is 10.3. The van der Waals surface area contributed by atoms with Gasteiger partial charge in [0, 0.05) is 38.4 Å². The highest BCUT2D eigenvalue weighted by atomic mass is 16.5. The summed E-state index contributed by atoms with van der Waals surface area (Å²) in [6, 6.07) is 10.6. The van der Waals surface area contributed by atoms with Crippen molar-refractivity contribution in [3.63, 3.8) is 0 Å². The second kappa shape index (κ2) is 6.80. The summed E-state index contributed by atoms with van der Waals surface area (Å²) in [5, 5.41) is 0. The number of ether oxygens (including phenoxy) is 1. The van der Waals surface area contributed by atoms with E-state index in [1.807, 2.05) is 0 Å². The number of morpholine rings is 1. The predicted octanol–water partition coefficient (Wildman–Crippen LogP) is 1.16. The first-order valence-electron chi connectivity index (χ1n) is 7.75. The van der Waals surface area contributed by atoms with Crippen molar-refractivity contribution < 1.29 is 4.74 Å². The first kappa shape index (κ1) is 14.2. The Hall–Kier alpha value is -1.75. The third-order valence-corrected chi connectivity index (χ3v) is 4.25. The molecule has 1 unspecified atom stereocenters. The van der Waals surface area contributed by atoms with Crippen LogP contribution < -0.4 is 10.6 Å². The maximum Gasteiger partial charge on any atom is 0.191 e. The van der Waals surface area contributed by atoms with E-state index in [2.05, 4.69) is 45.1 Å². The van der Waals surface area contributed by atoms with Crippen LogP contribution in [0.3, 0.4) is 0 Å². The number of hydrogen-bond acceptors (Lipinski definition) is 3. The van der Waals surface area contributed by atoms with E-state index in [1.54, 1.807) is 0 Å². The van der Waals surface area contributed by atoms with Gasteiger partial charge in [-0.05, 0) is 24.5 Å². The molecular formula is C16H24N4O. The minimum atomic E-state index is 0.602. The van der Waals surface area contributed by atoms with Crippen LogP contribution in [0, 0.1) is 5.92 Å². The van der Waals surface area contributed by atoms with Gasteiger partial charge >= 0.3 is 0 Å². The number of aliphatic imine (C=N–C) groups is 1. The molecule has 1 aromatic carbocycles. The van der Waals surface area contributed by atoms with Crippen molar-refractivity contribution in [2.45, 2.75) is 6.42 Å². The number of para-hydroxylation sites is 1. The van der Waals surface area contributed by atoms with Gasteiger partial charge in [0.1, 0.15) is 0 Å². The Morgan fingerprint density at radius 3 is 2.71 bits per heavy atom. The molecule has 1 aromatic rings. The zero-order valence-corrected chi connectivity index (χ0v) is 12.4. The SMILES string of the molecule is NC(=NCC1CCN(c2ccccc2)C1)N1CCOCC1. The molecule has 0 amide bonds. The second-order valence-corrected chi connectivity index (χ2v) is 5.73. The van der Waals surface area contributed by atoms with Crippen molar-refractivity contribution in [2.75, 3.05) is 50.8 Å². The lowest BCUT2D eigenvalue weighted by Gasteiger charge is -2.27. The fourth-order valence-electron chi connectivity index (χ4n) is 2.97. The van der Waals surface area contributed by atoms with Crippen LogP contribution in [-0.2, 0) is 4.74 Å². The van der Waals surface area contributed by atoms with Crippen LogP contribution in [0.4, 0.5) is 5.69 Å². The number of anilines is 1. The minimum Gasteiger partial charge on any atom is -0.378 e. The number of guanidine groups is 1. The molecule has 2 N–H and O–H groups in total. The summed E-state index contributed by atoms with van der Waals surface area (Å²) in [5.41, 5.74) is 7.39. The lowest BCUT2D eigenvalue weighted by Crippen LogP contribution is -2.45. The third-order valence-electron chi connectivity index (χ3n) is 4.25. The van der Waals surface area contributed by atoms with Crippen molar-refractivity contribution in [1.29, 1.82) is 0 Å². The van der Waals surface area contributed by atoms with Crippen LogP contribution in [0.2, 0.25) is 0 Å². The number of nitrogens with two attached hydrogens (primary N) is 1. The maximum absolute atomic E-state index is 6.08. The van der Waals surface area contributed by atoms with Crippen molar-refractivity contribution in [3.05, 3.63) is 30.3 Å². The summed E-state index contributed by atoms with van der Waals surface area (Å²) < 4.78 is 5.33. The van der Waals surface area contributed by atoms with E-state index < -0.39 is 0 Å². The molecule has 2 saturated heterocycles. The van der Waals surface area contributed by atoms with Crippen LogP contribution in [-0.4, -0.2) is 56.8 Å². The predicted molar refractivity (Wildman–Crippen MR) is 85.6 cm³/mol. The highest BCUT2D eigenvalue weighted by molar-refractivity contribution is 5.78. The number of nitrogens with zero attached hydrogens (tertiary/aromatic N) is 3. The molecule has 3 rings (SSSR count). The van der Waals surface area contributed by atoms with Gasteiger partial charge in [0.05, 0.1) is 13.2 Å². The van der Waals surface area contributed by atoms with E-state index in [4.69, 9.17) is 10.5 Å². The molecule has 21 heavy (non-hydrogen) atoms. The fraction of sp³-hybridized carbons (Fsp3) is 0.562. The molecule has 2 aliphatic rings. The smallest absolute Gasteiger partial charge is 0.191 e. The van der Waals surface area contributed by atoms with Gasteiger partial charge in [-0.2, -0.15) is 0 Å². The lowest BCUT2D eigenvalue weighted by atomic mass is 10.1.